The van der Waals surface area contributed by atoms with Gasteiger partial charge in [0.1, 0.15) is 6.04 Å². The Morgan fingerprint density at radius 2 is 1.94 bits per heavy atom. The molecular weight excluding hydrogens is 406 g/mol. The topological polar surface area (TPSA) is 79.4 Å². The van der Waals surface area contributed by atoms with E-state index < -0.39 is 0 Å². The molecule has 4 rings (SSSR count). The first-order valence-electron chi connectivity index (χ1n) is 11.8. The highest BCUT2D eigenvalue weighted by Gasteiger charge is 2.45. The van der Waals surface area contributed by atoms with Crippen LogP contribution in [0.4, 0.5) is 5.69 Å². The molecule has 2 N–H and O–H groups in total. The molecule has 1 aromatic rings. The Labute approximate surface area is 191 Å². The van der Waals surface area contributed by atoms with Crippen LogP contribution in [-0.4, -0.2) is 103 Å². The van der Waals surface area contributed by atoms with Crippen molar-refractivity contribution in [3.63, 3.8) is 0 Å². The number of benzene rings is 1. The Kier molecular flexibility index (Phi) is 7.02. The van der Waals surface area contributed by atoms with E-state index in [-0.39, 0.29) is 36.0 Å². The molecule has 3 aliphatic rings. The van der Waals surface area contributed by atoms with Gasteiger partial charge in [0.25, 0.3) is 0 Å². The Hall–Kier alpha value is -2.16. The summed E-state index contributed by atoms with van der Waals surface area (Å²) < 4.78 is 0. The number of amides is 2. The summed E-state index contributed by atoms with van der Waals surface area (Å²) in [4.78, 5) is 34.0. The second-order valence-corrected chi connectivity index (χ2v) is 9.72. The molecule has 8 heteroatoms. The third-order valence-electron chi connectivity index (χ3n) is 7.40. The van der Waals surface area contributed by atoms with Crippen molar-refractivity contribution in [2.75, 3.05) is 52.2 Å². The van der Waals surface area contributed by atoms with Gasteiger partial charge in [-0.25, -0.2) is 0 Å². The maximum absolute atomic E-state index is 13.0. The number of nitrogens with one attached hydrogen (secondary N) is 1. The van der Waals surface area contributed by atoms with E-state index in [1.165, 1.54) is 11.3 Å². The Balaban J connectivity index is 1.37. The summed E-state index contributed by atoms with van der Waals surface area (Å²) in [5.41, 5.74) is 2.38. The van der Waals surface area contributed by atoms with Gasteiger partial charge in [0.05, 0.1) is 6.10 Å². The van der Waals surface area contributed by atoms with Crippen LogP contribution in [0.1, 0.15) is 31.2 Å². The highest BCUT2D eigenvalue weighted by Crippen LogP contribution is 2.29. The predicted molar refractivity (Wildman–Crippen MR) is 124 cm³/mol. The second kappa shape index (κ2) is 9.77. The molecule has 4 atom stereocenters. The molecule has 1 aromatic carbocycles. The Morgan fingerprint density at radius 1 is 1.19 bits per heavy atom. The summed E-state index contributed by atoms with van der Waals surface area (Å²) >= 11 is 0. The smallest absolute Gasteiger partial charge is 0.239 e. The lowest BCUT2D eigenvalue weighted by molar-refractivity contribution is -0.131. The average molecular weight is 444 g/mol. The number of aliphatic hydroxyl groups excluding tert-OH is 1. The van der Waals surface area contributed by atoms with E-state index in [9.17, 15) is 14.7 Å². The zero-order chi connectivity index (χ0) is 22.8. The molecule has 176 valence electrons. The van der Waals surface area contributed by atoms with Crippen LogP contribution in [0.3, 0.4) is 0 Å². The highest BCUT2D eigenvalue weighted by molar-refractivity contribution is 5.83. The van der Waals surface area contributed by atoms with E-state index in [1.54, 1.807) is 4.90 Å². The van der Waals surface area contributed by atoms with Crippen molar-refractivity contribution in [2.45, 2.75) is 56.5 Å². The number of likely N-dealkylation sites (N-methyl/N-ethyl adjacent to an activating group) is 1. The van der Waals surface area contributed by atoms with Crippen LogP contribution in [0.15, 0.2) is 24.3 Å². The standard InChI is InChI=1S/C24H37N5O3/c1-26(2)18-6-4-17(5-7-18)15-29-13-11-21-23(29)24(32)25-14-19(27(21)3)8-9-22(31)28-12-10-20(30)16-28/h4-7,19-21,23,30H,8-16H2,1-3H3,(H,25,32)/t19-,20+,21+,23-/m0/s1. The summed E-state index contributed by atoms with van der Waals surface area (Å²) in [6.07, 6.45) is 2.41. The third kappa shape index (κ3) is 4.92. The molecule has 3 fully saturated rings. The van der Waals surface area contributed by atoms with Gasteiger partial charge in [-0.05, 0) is 44.0 Å². The maximum atomic E-state index is 13.0. The van der Waals surface area contributed by atoms with Gasteiger partial charge >= 0.3 is 0 Å². The van der Waals surface area contributed by atoms with Crippen LogP contribution >= 0.6 is 0 Å². The molecule has 2 amide bonds. The van der Waals surface area contributed by atoms with E-state index in [1.807, 2.05) is 14.1 Å². The fourth-order valence-electron chi connectivity index (χ4n) is 5.38. The second-order valence-electron chi connectivity index (χ2n) is 9.72. The lowest BCUT2D eigenvalue weighted by Gasteiger charge is -2.33. The molecule has 0 aliphatic carbocycles. The van der Waals surface area contributed by atoms with Crippen molar-refractivity contribution in [3.8, 4) is 0 Å². The highest BCUT2D eigenvalue weighted by atomic mass is 16.3. The van der Waals surface area contributed by atoms with Crippen molar-refractivity contribution in [2.24, 2.45) is 0 Å². The van der Waals surface area contributed by atoms with Crippen molar-refractivity contribution >= 4 is 17.5 Å². The maximum Gasteiger partial charge on any atom is 0.239 e. The predicted octanol–water partition coefficient (Wildman–Crippen LogP) is 0.499. The molecule has 0 spiro atoms. The van der Waals surface area contributed by atoms with Gasteiger partial charge in [0.2, 0.25) is 11.8 Å². The van der Waals surface area contributed by atoms with E-state index in [2.05, 4.69) is 51.3 Å². The number of hydrogen-bond donors (Lipinski definition) is 2. The number of likely N-dealkylation sites (tertiary alicyclic amines) is 2. The number of carbonyl (C=O) groups excluding carboxylic acids is 2. The zero-order valence-corrected chi connectivity index (χ0v) is 19.5. The lowest BCUT2D eigenvalue weighted by atomic mass is 10.0. The molecule has 3 heterocycles. The van der Waals surface area contributed by atoms with Crippen LogP contribution in [0.25, 0.3) is 0 Å². The first-order chi connectivity index (χ1) is 15.3. The number of fused-ring (bicyclic) bond motifs is 1. The van der Waals surface area contributed by atoms with Crippen molar-refractivity contribution in [3.05, 3.63) is 29.8 Å². The van der Waals surface area contributed by atoms with Gasteiger partial charge in [0, 0.05) is 71.0 Å². The molecule has 8 nitrogen and oxygen atoms in total. The third-order valence-corrected chi connectivity index (χ3v) is 7.40. The number of rotatable bonds is 6. The fourth-order valence-corrected chi connectivity index (χ4v) is 5.38. The fraction of sp³-hybridized carbons (Fsp3) is 0.667. The number of anilines is 1. The van der Waals surface area contributed by atoms with Gasteiger partial charge < -0.3 is 20.2 Å². The summed E-state index contributed by atoms with van der Waals surface area (Å²) in [6.45, 7) is 3.32. The summed E-state index contributed by atoms with van der Waals surface area (Å²) in [6, 6.07) is 8.67. The summed E-state index contributed by atoms with van der Waals surface area (Å²) in [7, 11) is 6.16. The first-order valence-corrected chi connectivity index (χ1v) is 11.8. The van der Waals surface area contributed by atoms with E-state index in [0.29, 0.717) is 32.5 Å². The largest absolute Gasteiger partial charge is 0.391 e. The minimum atomic E-state index is -0.386. The van der Waals surface area contributed by atoms with E-state index in [4.69, 9.17) is 0 Å². The van der Waals surface area contributed by atoms with Gasteiger partial charge in [-0.3, -0.25) is 19.4 Å². The normalized spacial score (nSPS) is 29.0. The van der Waals surface area contributed by atoms with Crippen LogP contribution in [0.5, 0.6) is 0 Å². The van der Waals surface area contributed by atoms with Gasteiger partial charge in [-0.2, -0.15) is 0 Å². The monoisotopic (exact) mass is 443 g/mol. The Bertz CT molecular complexity index is 814. The van der Waals surface area contributed by atoms with Crippen LogP contribution < -0.4 is 10.2 Å². The number of β-amino-alcohol motifs (C(OH)–C–C–N with tert-alkyl or cyclic N) is 1. The number of aliphatic hydroxyl groups is 1. The lowest BCUT2D eigenvalue weighted by Crippen LogP contribution is -2.49. The first kappa shape index (κ1) is 23.0. The molecule has 0 bridgehead atoms. The quantitative estimate of drug-likeness (QED) is 0.667. The average Bonchev–Trinajstić information content (AvgIpc) is 3.37. The van der Waals surface area contributed by atoms with Crippen LogP contribution in [0, 0.1) is 0 Å². The number of nitrogens with zero attached hydrogens (tertiary/aromatic N) is 4. The summed E-state index contributed by atoms with van der Waals surface area (Å²) in [5.74, 6) is 0.206. The molecule has 0 saturated carbocycles. The molecule has 32 heavy (non-hydrogen) atoms. The SMILES string of the molecule is CN(C)c1ccc(CN2CC[C@@H]3[C@H]2C(=O)NC[C@H](CCC(=O)N2CC[C@@H](O)C2)N3C)cc1. The molecule has 3 aliphatic heterocycles. The van der Waals surface area contributed by atoms with E-state index >= 15 is 0 Å². The minimum absolute atomic E-state index is 0.0979. The van der Waals surface area contributed by atoms with Gasteiger partial charge in [-0.15, -0.1) is 0 Å². The molecule has 0 aromatic heterocycles. The van der Waals surface area contributed by atoms with E-state index in [0.717, 1.165) is 25.9 Å². The number of hydrogen-bond acceptors (Lipinski definition) is 6. The molecular formula is C24H37N5O3. The molecule has 0 unspecified atom stereocenters. The minimum Gasteiger partial charge on any atom is -0.391 e. The van der Waals surface area contributed by atoms with Gasteiger partial charge in [0.15, 0.2) is 0 Å². The van der Waals surface area contributed by atoms with Crippen molar-refractivity contribution < 1.29 is 14.7 Å². The van der Waals surface area contributed by atoms with Crippen molar-refractivity contribution in [1.29, 1.82) is 0 Å². The van der Waals surface area contributed by atoms with Crippen LogP contribution in [-0.2, 0) is 16.1 Å². The van der Waals surface area contributed by atoms with Crippen molar-refractivity contribution in [1.82, 2.24) is 20.0 Å². The summed E-state index contributed by atoms with van der Waals surface area (Å²) in [5, 5.41) is 12.8. The van der Waals surface area contributed by atoms with Gasteiger partial charge in [-0.1, -0.05) is 12.1 Å². The molecule has 0 radical (unpaired) electrons. The van der Waals surface area contributed by atoms with Crippen LogP contribution in [0.2, 0.25) is 0 Å². The molecule has 3 saturated heterocycles. The zero-order valence-electron chi connectivity index (χ0n) is 19.5. The number of carbonyl (C=O) groups is 2. The Morgan fingerprint density at radius 3 is 2.59 bits per heavy atom.